The Bertz CT molecular complexity index is 617. The van der Waals surface area contributed by atoms with E-state index in [-0.39, 0.29) is 17.8 Å². The summed E-state index contributed by atoms with van der Waals surface area (Å²) in [6, 6.07) is 11.6. The van der Waals surface area contributed by atoms with Gasteiger partial charge in [0.25, 0.3) is 5.91 Å². The van der Waals surface area contributed by atoms with Gasteiger partial charge < -0.3 is 11.1 Å². The number of anilines is 1. The summed E-state index contributed by atoms with van der Waals surface area (Å²) in [4.78, 5) is 12.3. The average molecular weight is 286 g/mol. The molecular formula is C17H19FN2O. The van der Waals surface area contributed by atoms with Gasteiger partial charge in [0.1, 0.15) is 5.82 Å². The molecule has 0 aliphatic rings. The molecule has 0 spiro atoms. The molecule has 21 heavy (non-hydrogen) atoms. The Morgan fingerprint density at radius 3 is 2.52 bits per heavy atom. The number of hydrogen-bond acceptors (Lipinski definition) is 2. The van der Waals surface area contributed by atoms with Gasteiger partial charge in [-0.3, -0.25) is 4.79 Å². The average Bonchev–Trinajstić information content (AvgIpc) is 2.41. The molecule has 0 aliphatic carbocycles. The minimum Gasteiger partial charge on any atom is -0.398 e. The summed E-state index contributed by atoms with van der Waals surface area (Å²) in [5, 5.41) is 2.93. The summed E-state index contributed by atoms with van der Waals surface area (Å²) in [5.74, 6) is -0.441. The van der Waals surface area contributed by atoms with Gasteiger partial charge in [-0.1, -0.05) is 24.3 Å². The number of benzene rings is 2. The first-order valence-electron chi connectivity index (χ1n) is 6.87. The zero-order chi connectivity index (χ0) is 15.4. The van der Waals surface area contributed by atoms with Gasteiger partial charge in [-0.15, -0.1) is 0 Å². The highest BCUT2D eigenvalue weighted by Gasteiger charge is 2.15. The van der Waals surface area contributed by atoms with Gasteiger partial charge >= 0.3 is 0 Å². The number of halogens is 1. The van der Waals surface area contributed by atoms with Crippen molar-refractivity contribution in [1.29, 1.82) is 0 Å². The van der Waals surface area contributed by atoms with Crippen molar-refractivity contribution in [1.82, 2.24) is 5.32 Å². The smallest absolute Gasteiger partial charge is 0.253 e. The van der Waals surface area contributed by atoms with Crippen molar-refractivity contribution >= 4 is 11.6 Å². The molecule has 0 aromatic heterocycles. The Morgan fingerprint density at radius 1 is 1.24 bits per heavy atom. The van der Waals surface area contributed by atoms with E-state index in [9.17, 15) is 9.18 Å². The zero-order valence-electron chi connectivity index (χ0n) is 12.2. The van der Waals surface area contributed by atoms with Crippen LogP contribution in [0.5, 0.6) is 0 Å². The lowest BCUT2D eigenvalue weighted by Gasteiger charge is -2.16. The number of carbonyl (C=O) groups excluding carboxylic acids is 1. The molecule has 2 aromatic rings. The first-order chi connectivity index (χ1) is 9.97. The lowest BCUT2D eigenvalue weighted by molar-refractivity contribution is 0.0940. The molecule has 0 heterocycles. The van der Waals surface area contributed by atoms with E-state index in [0.29, 0.717) is 17.7 Å². The fourth-order valence-electron chi connectivity index (χ4n) is 2.32. The number of carbonyl (C=O) groups is 1. The van der Waals surface area contributed by atoms with Crippen LogP contribution in [0.4, 0.5) is 10.1 Å². The van der Waals surface area contributed by atoms with E-state index in [2.05, 4.69) is 5.32 Å². The summed E-state index contributed by atoms with van der Waals surface area (Å²) in [6.07, 6.45) is 0.637. The Morgan fingerprint density at radius 2 is 1.90 bits per heavy atom. The Balaban J connectivity index is 2.04. The van der Waals surface area contributed by atoms with Crippen LogP contribution in [-0.4, -0.2) is 11.9 Å². The highest BCUT2D eigenvalue weighted by Crippen LogP contribution is 2.16. The number of nitrogens with one attached hydrogen (secondary N) is 1. The van der Waals surface area contributed by atoms with Crippen molar-refractivity contribution in [3.05, 3.63) is 65.0 Å². The Kier molecular flexibility index (Phi) is 4.58. The number of aryl methyl sites for hydroxylation is 1. The fraction of sp³-hybridized carbons (Fsp3) is 0.235. The summed E-state index contributed by atoms with van der Waals surface area (Å²) in [7, 11) is 0. The van der Waals surface area contributed by atoms with Crippen LogP contribution in [0.25, 0.3) is 0 Å². The predicted octanol–water partition coefficient (Wildman–Crippen LogP) is 3.08. The van der Waals surface area contributed by atoms with Crippen LogP contribution in [-0.2, 0) is 6.42 Å². The van der Waals surface area contributed by atoms with Gasteiger partial charge in [0.2, 0.25) is 0 Å². The van der Waals surface area contributed by atoms with Gasteiger partial charge in [-0.2, -0.15) is 0 Å². The van der Waals surface area contributed by atoms with Crippen LogP contribution in [0, 0.1) is 12.7 Å². The molecule has 110 valence electrons. The summed E-state index contributed by atoms with van der Waals surface area (Å²) < 4.78 is 12.9. The Labute approximate surface area is 124 Å². The van der Waals surface area contributed by atoms with Crippen molar-refractivity contribution in [2.24, 2.45) is 0 Å². The van der Waals surface area contributed by atoms with Crippen molar-refractivity contribution < 1.29 is 9.18 Å². The van der Waals surface area contributed by atoms with Gasteiger partial charge in [-0.25, -0.2) is 4.39 Å². The molecule has 3 nitrogen and oxygen atoms in total. The molecule has 2 rings (SSSR count). The molecule has 0 fully saturated rings. The minimum absolute atomic E-state index is 0.0676. The van der Waals surface area contributed by atoms with Crippen molar-refractivity contribution in [3.8, 4) is 0 Å². The lowest BCUT2D eigenvalue weighted by Crippen LogP contribution is -2.34. The van der Waals surface area contributed by atoms with Crippen molar-refractivity contribution in [2.75, 3.05) is 5.73 Å². The fourth-order valence-corrected chi connectivity index (χ4v) is 2.32. The van der Waals surface area contributed by atoms with Crippen LogP contribution in [0.15, 0.2) is 42.5 Å². The van der Waals surface area contributed by atoms with Crippen LogP contribution in [0.1, 0.15) is 28.4 Å². The third-order valence-electron chi connectivity index (χ3n) is 3.36. The van der Waals surface area contributed by atoms with Gasteiger partial charge in [0.05, 0.1) is 5.56 Å². The lowest BCUT2D eigenvalue weighted by atomic mass is 10.0. The van der Waals surface area contributed by atoms with E-state index in [1.807, 2.05) is 26.0 Å². The van der Waals surface area contributed by atoms with E-state index in [0.717, 1.165) is 11.1 Å². The first-order valence-corrected chi connectivity index (χ1v) is 6.87. The van der Waals surface area contributed by atoms with Crippen LogP contribution >= 0.6 is 0 Å². The summed E-state index contributed by atoms with van der Waals surface area (Å²) >= 11 is 0. The van der Waals surface area contributed by atoms with Crippen LogP contribution in [0.3, 0.4) is 0 Å². The molecule has 3 N–H and O–H groups in total. The summed E-state index contributed by atoms with van der Waals surface area (Å²) in [6.45, 7) is 3.77. The maximum atomic E-state index is 12.9. The predicted molar refractivity (Wildman–Crippen MR) is 82.6 cm³/mol. The quantitative estimate of drug-likeness (QED) is 0.849. The van der Waals surface area contributed by atoms with Gasteiger partial charge in [-0.05, 0) is 49.6 Å². The number of nitrogen functional groups attached to an aromatic ring is 1. The third-order valence-corrected chi connectivity index (χ3v) is 3.36. The number of nitrogens with two attached hydrogens (primary N) is 1. The second-order valence-electron chi connectivity index (χ2n) is 5.24. The van der Waals surface area contributed by atoms with E-state index in [1.165, 1.54) is 12.1 Å². The molecule has 0 saturated heterocycles. The van der Waals surface area contributed by atoms with E-state index < -0.39 is 0 Å². The SMILES string of the molecule is Cc1cccc(N)c1C(=O)NC(C)Cc1ccc(F)cc1. The van der Waals surface area contributed by atoms with Gasteiger partial charge in [0, 0.05) is 11.7 Å². The largest absolute Gasteiger partial charge is 0.398 e. The third kappa shape index (κ3) is 3.81. The number of rotatable bonds is 4. The minimum atomic E-state index is -0.261. The van der Waals surface area contributed by atoms with E-state index in [4.69, 9.17) is 5.73 Å². The van der Waals surface area contributed by atoms with E-state index >= 15 is 0 Å². The maximum absolute atomic E-state index is 12.9. The second kappa shape index (κ2) is 6.39. The normalized spacial score (nSPS) is 12.0. The first kappa shape index (κ1) is 15.0. The van der Waals surface area contributed by atoms with Gasteiger partial charge in [0.15, 0.2) is 0 Å². The molecule has 0 aliphatic heterocycles. The standard InChI is InChI=1S/C17H19FN2O/c1-11-4-3-5-15(19)16(11)17(21)20-12(2)10-13-6-8-14(18)9-7-13/h3-9,12H,10,19H2,1-2H3,(H,20,21). The molecule has 0 saturated carbocycles. The molecular weight excluding hydrogens is 267 g/mol. The molecule has 1 unspecified atom stereocenters. The molecule has 0 radical (unpaired) electrons. The maximum Gasteiger partial charge on any atom is 0.253 e. The molecule has 4 heteroatoms. The molecule has 1 atom stereocenters. The Hall–Kier alpha value is -2.36. The molecule has 2 aromatic carbocycles. The second-order valence-corrected chi connectivity index (χ2v) is 5.24. The number of hydrogen-bond donors (Lipinski definition) is 2. The molecule has 1 amide bonds. The van der Waals surface area contributed by atoms with Crippen LogP contribution < -0.4 is 11.1 Å². The molecule has 0 bridgehead atoms. The topological polar surface area (TPSA) is 55.1 Å². The van der Waals surface area contributed by atoms with Crippen LogP contribution in [0.2, 0.25) is 0 Å². The zero-order valence-corrected chi connectivity index (χ0v) is 12.2. The van der Waals surface area contributed by atoms with Crippen molar-refractivity contribution in [2.45, 2.75) is 26.3 Å². The summed E-state index contributed by atoms with van der Waals surface area (Å²) in [5.41, 5.74) is 8.68. The number of amides is 1. The van der Waals surface area contributed by atoms with E-state index in [1.54, 1.807) is 18.2 Å². The van der Waals surface area contributed by atoms with Crippen molar-refractivity contribution in [3.63, 3.8) is 0 Å². The highest BCUT2D eigenvalue weighted by molar-refractivity contribution is 6.00. The highest BCUT2D eigenvalue weighted by atomic mass is 19.1. The monoisotopic (exact) mass is 286 g/mol.